The maximum atomic E-state index is 12.3. The minimum atomic E-state index is -0.999. The van der Waals surface area contributed by atoms with E-state index in [0.717, 1.165) is 5.56 Å². The molecule has 1 heterocycles. The molecule has 5 heteroatoms. The molecule has 1 fully saturated rings. The molecule has 1 aliphatic rings. The van der Waals surface area contributed by atoms with Crippen molar-refractivity contribution in [1.29, 1.82) is 0 Å². The predicted octanol–water partition coefficient (Wildman–Crippen LogP) is 2.91. The number of aromatic carboxylic acids is 1. The zero-order valence-corrected chi connectivity index (χ0v) is 13.4. The van der Waals surface area contributed by atoms with Gasteiger partial charge in [-0.15, -0.1) is 0 Å². The molecule has 0 aromatic heterocycles. The van der Waals surface area contributed by atoms with Crippen molar-refractivity contribution in [3.63, 3.8) is 0 Å². The van der Waals surface area contributed by atoms with Gasteiger partial charge in [-0.3, -0.25) is 4.79 Å². The Morgan fingerprint density at radius 3 is 2.67 bits per heavy atom. The molecule has 0 bridgehead atoms. The summed E-state index contributed by atoms with van der Waals surface area (Å²) in [6.45, 7) is 1.08. The lowest BCUT2D eigenvalue weighted by molar-refractivity contribution is -0.128. The fraction of sp³-hybridized carbons (Fsp3) is 0.263. The average molecular weight is 325 g/mol. The summed E-state index contributed by atoms with van der Waals surface area (Å²) >= 11 is 0. The quantitative estimate of drug-likeness (QED) is 0.918. The lowest BCUT2D eigenvalue weighted by atomic mass is 9.98. The third-order valence-electron chi connectivity index (χ3n) is 4.38. The van der Waals surface area contributed by atoms with Gasteiger partial charge in [0.15, 0.2) is 0 Å². The van der Waals surface area contributed by atoms with E-state index in [4.69, 9.17) is 9.84 Å². The number of benzene rings is 2. The highest BCUT2D eigenvalue weighted by molar-refractivity contribution is 5.88. The van der Waals surface area contributed by atoms with Crippen LogP contribution >= 0.6 is 0 Å². The monoisotopic (exact) mass is 325 g/mol. The van der Waals surface area contributed by atoms with Crippen LogP contribution in [0.2, 0.25) is 0 Å². The number of rotatable bonds is 5. The largest absolute Gasteiger partial charge is 0.496 e. The first-order valence-electron chi connectivity index (χ1n) is 7.81. The van der Waals surface area contributed by atoms with E-state index in [0.29, 0.717) is 25.3 Å². The van der Waals surface area contributed by atoms with Gasteiger partial charge in [0.25, 0.3) is 0 Å². The van der Waals surface area contributed by atoms with E-state index in [1.54, 1.807) is 11.0 Å². The minimum Gasteiger partial charge on any atom is -0.496 e. The van der Waals surface area contributed by atoms with Crippen molar-refractivity contribution >= 4 is 11.9 Å². The van der Waals surface area contributed by atoms with E-state index in [2.05, 4.69) is 0 Å². The molecule has 0 aliphatic carbocycles. The molecule has 124 valence electrons. The minimum absolute atomic E-state index is 0.105. The fourth-order valence-electron chi connectivity index (χ4n) is 3.09. The molecule has 0 saturated carbocycles. The highest BCUT2D eigenvalue weighted by atomic mass is 16.5. The van der Waals surface area contributed by atoms with Crippen LogP contribution in [0.1, 0.15) is 33.8 Å². The summed E-state index contributed by atoms with van der Waals surface area (Å²) in [6.07, 6.45) is 0.500. The summed E-state index contributed by atoms with van der Waals surface area (Å²) in [4.78, 5) is 25.2. The second-order valence-electron chi connectivity index (χ2n) is 5.92. The third kappa shape index (κ3) is 3.25. The van der Waals surface area contributed by atoms with Crippen molar-refractivity contribution < 1.29 is 19.4 Å². The Bertz CT molecular complexity index is 757. The number of likely N-dealkylation sites (tertiary alicyclic amines) is 1. The smallest absolute Gasteiger partial charge is 0.335 e. The molecule has 24 heavy (non-hydrogen) atoms. The fourth-order valence-corrected chi connectivity index (χ4v) is 3.09. The Hall–Kier alpha value is -2.82. The number of amides is 1. The van der Waals surface area contributed by atoms with Crippen molar-refractivity contribution in [2.75, 3.05) is 13.7 Å². The summed E-state index contributed by atoms with van der Waals surface area (Å²) in [6, 6.07) is 14.8. The number of nitrogens with zero attached hydrogens (tertiary/aromatic N) is 1. The molecule has 0 spiro atoms. The molecular weight excluding hydrogens is 306 g/mol. The maximum Gasteiger partial charge on any atom is 0.335 e. The maximum absolute atomic E-state index is 12.3. The second-order valence-corrected chi connectivity index (χ2v) is 5.92. The van der Waals surface area contributed by atoms with Crippen LogP contribution in [0.15, 0.2) is 48.5 Å². The molecular formula is C19H19NO4. The molecule has 1 amide bonds. The van der Waals surface area contributed by atoms with Crippen LogP contribution in [-0.4, -0.2) is 35.5 Å². The first-order valence-corrected chi connectivity index (χ1v) is 7.81. The van der Waals surface area contributed by atoms with E-state index in [1.165, 1.54) is 24.8 Å². The SMILES string of the molecule is COc1cc(C(=O)O)ccc1CN1CC(c2ccccc2)CC1=O. The molecule has 1 saturated heterocycles. The predicted molar refractivity (Wildman–Crippen MR) is 89.2 cm³/mol. The molecule has 2 aromatic carbocycles. The van der Waals surface area contributed by atoms with Crippen LogP contribution in [0.4, 0.5) is 0 Å². The van der Waals surface area contributed by atoms with E-state index in [-0.39, 0.29) is 17.4 Å². The van der Waals surface area contributed by atoms with Crippen LogP contribution in [0.25, 0.3) is 0 Å². The first kappa shape index (κ1) is 16.1. The van der Waals surface area contributed by atoms with Crippen LogP contribution in [-0.2, 0) is 11.3 Å². The van der Waals surface area contributed by atoms with Gasteiger partial charge in [0.1, 0.15) is 5.75 Å². The lowest BCUT2D eigenvalue weighted by Gasteiger charge is -2.19. The number of ether oxygens (including phenoxy) is 1. The molecule has 3 rings (SSSR count). The second kappa shape index (κ2) is 6.74. The van der Waals surface area contributed by atoms with Gasteiger partial charge in [-0.25, -0.2) is 4.79 Å². The van der Waals surface area contributed by atoms with Crippen LogP contribution in [0.3, 0.4) is 0 Å². The van der Waals surface area contributed by atoms with Gasteiger partial charge in [0.05, 0.1) is 12.7 Å². The Morgan fingerprint density at radius 1 is 1.25 bits per heavy atom. The van der Waals surface area contributed by atoms with Gasteiger partial charge in [-0.1, -0.05) is 36.4 Å². The topological polar surface area (TPSA) is 66.8 Å². The molecule has 1 N–H and O–H groups in total. The highest BCUT2D eigenvalue weighted by Crippen LogP contribution is 2.31. The van der Waals surface area contributed by atoms with Crippen molar-refractivity contribution in [2.24, 2.45) is 0 Å². The Morgan fingerprint density at radius 2 is 2.00 bits per heavy atom. The number of methoxy groups -OCH3 is 1. The van der Waals surface area contributed by atoms with Gasteiger partial charge >= 0.3 is 5.97 Å². The Labute approximate surface area is 140 Å². The standard InChI is InChI=1S/C19H19NO4/c1-24-17-9-14(19(22)23)7-8-15(17)11-20-12-16(10-18(20)21)13-5-3-2-4-6-13/h2-9,16H,10-12H2,1H3,(H,22,23). The normalized spacial score (nSPS) is 17.1. The molecule has 1 atom stereocenters. The molecule has 2 aromatic rings. The number of carbonyl (C=O) groups is 2. The van der Waals surface area contributed by atoms with E-state index >= 15 is 0 Å². The number of hydrogen-bond donors (Lipinski definition) is 1. The van der Waals surface area contributed by atoms with Crippen molar-refractivity contribution in [2.45, 2.75) is 18.9 Å². The molecule has 5 nitrogen and oxygen atoms in total. The number of hydrogen-bond acceptors (Lipinski definition) is 3. The average Bonchev–Trinajstić information content (AvgIpc) is 2.96. The van der Waals surface area contributed by atoms with Gasteiger partial charge < -0.3 is 14.7 Å². The van der Waals surface area contributed by atoms with E-state index in [1.807, 2.05) is 30.3 Å². The van der Waals surface area contributed by atoms with Crippen LogP contribution in [0, 0.1) is 0 Å². The van der Waals surface area contributed by atoms with Crippen molar-refractivity contribution in [1.82, 2.24) is 4.90 Å². The lowest BCUT2D eigenvalue weighted by Crippen LogP contribution is -2.24. The summed E-state index contributed by atoms with van der Waals surface area (Å²) in [5.74, 6) is -0.205. The first-order chi connectivity index (χ1) is 11.6. The van der Waals surface area contributed by atoms with Crippen LogP contribution in [0.5, 0.6) is 5.75 Å². The van der Waals surface area contributed by atoms with Gasteiger partial charge in [0, 0.05) is 31.0 Å². The van der Waals surface area contributed by atoms with Crippen molar-refractivity contribution in [3.8, 4) is 5.75 Å². The number of carboxylic acid groups (broad SMARTS) is 1. The zero-order valence-electron chi connectivity index (χ0n) is 13.4. The van der Waals surface area contributed by atoms with Gasteiger partial charge in [-0.05, 0) is 17.7 Å². The molecule has 1 aliphatic heterocycles. The highest BCUT2D eigenvalue weighted by Gasteiger charge is 2.31. The third-order valence-corrected chi connectivity index (χ3v) is 4.38. The van der Waals surface area contributed by atoms with Gasteiger partial charge in [-0.2, -0.15) is 0 Å². The number of carboxylic acids is 1. The molecule has 1 unspecified atom stereocenters. The zero-order chi connectivity index (χ0) is 17.1. The summed E-state index contributed by atoms with van der Waals surface area (Å²) in [5.41, 5.74) is 2.15. The summed E-state index contributed by atoms with van der Waals surface area (Å²) in [7, 11) is 1.50. The van der Waals surface area contributed by atoms with Crippen molar-refractivity contribution in [3.05, 3.63) is 65.2 Å². The molecule has 0 radical (unpaired) electrons. The Balaban J connectivity index is 1.77. The van der Waals surface area contributed by atoms with Crippen LogP contribution < -0.4 is 4.74 Å². The summed E-state index contributed by atoms with van der Waals surface area (Å²) in [5, 5.41) is 9.06. The summed E-state index contributed by atoms with van der Waals surface area (Å²) < 4.78 is 5.29. The number of carbonyl (C=O) groups excluding carboxylic acids is 1. The van der Waals surface area contributed by atoms with E-state index in [9.17, 15) is 9.59 Å². The van der Waals surface area contributed by atoms with E-state index < -0.39 is 5.97 Å². The van der Waals surface area contributed by atoms with Gasteiger partial charge in [0.2, 0.25) is 5.91 Å². The Kier molecular flexibility index (Phi) is 4.51.